The van der Waals surface area contributed by atoms with Crippen molar-refractivity contribution in [3.05, 3.63) is 35.4 Å². The smallest absolute Gasteiger partial charge is 0.130 e. The second-order valence-electron chi connectivity index (χ2n) is 5.01. The summed E-state index contributed by atoms with van der Waals surface area (Å²) < 4.78 is 26.7. The molecule has 0 radical (unpaired) electrons. The van der Waals surface area contributed by atoms with E-state index in [9.17, 15) is 8.78 Å². The Bertz CT molecular complexity index is 322. The molecule has 1 aromatic rings. The van der Waals surface area contributed by atoms with E-state index >= 15 is 0 Å². The van der Waals surface area contributed by atoms with Gasteiger partial charge in [-0.15, -0.1) is 0 Å². The van der Waals surface area contributed by atoms with Gasteiger partial charge >= 0.3 is 0 Å². The van der Waals surface area contributed by atoms with E-state index in [0.29, 0.717) is 6.42 Å². The zero-order chi connectivity index (χ0) is 11.6. The first-order valence-corrected chi connectivity index (χ1v) is 5.01. The van der Waals surface area contributed by atoms with Crippen molar-refractivity contribution in [3.8, 4) is 0 Å². The van der Waals surface area contributed by atoms with Gasteiger partial charge in [0.1, 0.15) is 11.6 Å². The molecule has 0 saturated carbocycles. The van der Waals surface area contributed by atoms with Crippen LogP contribution in [-0.2, 0) is 0 Å². The molecule has 0 aliphatic carbocycles. The van der Waals surface area contributed by atoms with Crippen LogP contribution in [0.15, 0.2) is 18.2 Å². The molecule has 0 spiro atoms. The van der Waals surface area contributed by atoms with E-state index in [0.717, 1.165) is 0 Å². The molecule has 0 bridgehead atoms. The molecule has 0 heterocycles. The zero-order valence-electron chi connectivity index (χ0n) is 9.35. The fraction of sp³-hybridized carbons (Fsp3) is 0.500. The molecule has 1 atom stereocenters. The topological polar surface area (TPSA) is 26.0 Å². The standard InChI is InChI=1S/C12H17F2N/c1-12(2,3)7-10(15)11-8(13)5-4-6-9(11)14/h4-6,10H,7,15H2,1-3H3. The molecular formula is C12H17F2N. The predicted octanol–water partition coefficient (Wildman–Crippen LogP) is 3.40. The van der Waals surface area contributed by atoms with Crippen molar-refractivity contribution in [2.75, 3.05) is 0 Å². The molecule has 1 unspecified atom stereocenters. The Balaban J connectivity index is 2.96. The van der Waals surface area contributed by atoms with Crippen molar-refractivity contribution in [1.29, 1.82) is 0 Å². The highest BCUT2D eigenvalue weighted by atomic mass is 19.1. The molecule has 15 heavy (non-hydrogen) atoms. The Hall–Kier alpha value is -0.960. The van der Waals surface area contributed by atoms with Crippen LogP contribution in [0.5, 0.6) is 0 Å². The van der Waals surface area contributed by atoms with E-state index in [1.165, 1.54) is 18.2 Å². The van der Waals surface area contributed by atoms with Crippen LogP contribution in [0, 0.1) is 17.0 Å². The molecule has 0 aromatic heterocycles. The van der Waals surface area contributed by atoms with E-state index in [1.54, 1.807) is 0 Å². The van der Waals surface area contributed by atoms with Gasteiger partial charge in [0.25, 0.3) is 0 Å². The van der Waals surface area contributed by atoms with Gasteiger partial charge in [-0.1, -0.05) is 26.8 Å². The molecule has 0 saturated heterocycles. The van der Waals surface area contributed by atoms with Gasteiger partial charge in [0.05, 0.1) is 0 Å². The summed E-state index contributed by atoms with van der Waals surface area (Å²) in [5.41, 5.74) is 5.75. The number of hydrogen-bond donors (Lipinski definition) is 1. The zero-order valence-corrected chi connectivity index (χ0v) is 9.35. The highest BCUT2D eigenvalue weighted by molar-refractivity contribution is 5.23. The van der Waals surface area contributed by atoms with Crippen molar-refractivity contribution in [2.45, 2.75) is 33.2 Å². The molecule has 1 aromatic carbocycles. The molecule has 1 rings (SSSR count). The van der Waals surface area contributed by atoms with Crippen molar-refractivity contribution < 1.29 is 8.78 Å². The minimum Gasteiger partial charge on any atom is -0.324 e. The van der Waals surface area contributed by atoms with Gasteiger partial charge < -0.3 is 5.73 Å². The lowest BCUT2D eigenvalue weighted by molar-refractivity contribution is 0.333. The second-order valence-corrected chi connectivity index (χ2v) is 5.01. The van der Waals surface area contributed by atoms with Crippen LogP contribution < -0.4 is 5.73 Å². The van der Waals surface area contributed by atoms with Crippen molar-refractivity contribution in [2.24, 2.45) is 11.1 Å². The third-order valence-electron chi connectivity index (χ3n) is 2.20. The van der Waals surface area contributed by atoms with Crippen LogP contribution in [0.3, 0.4) is 0 Å². The summed E-state index contributed by atoms with van der Waals surface area (Å²) in [6.45, 7) is 5.98. The molecule has 0 aliphatic rings. The van der Waals surface area contributed by atoms with Crippen LogP contribution >= 0.6 is 0 Å². The molecule has 0 aliphatic heterocycles. The number of nitrogens with two attached hydrogens (primary N) is 1. The largest absolute Gasteiger partial charge is 0.324 e. The van der Waals surface area contributed by atoms with Crippen LogP contribution in [0.2, 0.25) is 0 Å². The average Bonchev–Trinajstić information content (AvgIpc) is 1.99. The maximum atomic E-state index is 13.4. The number of benzene rings is 1. The Morgan fingerprint density at radius 3 is 2.07 bits per heavy atom. The van der Waals surface area contributed by atoms with Crippen LogP contribution in [0.25, 0.3) is 0 Å². The second kappa shape index (κ2) is 4.27. The first-order chi connectivity index (χ1) is 6.81. The van der Waals surface area contributed by atoms with Gasteiger partial charge in [-0.3, -0.25) is 0 Å². The van der Waals surface area contributed by atoms with E-state index in [1.807, 2.05) is 20.8 Å². The Kier molecular flexibility index (Phi) is 3.45. The van der Waals surface area contributed by atoms with Crippen LogP contribution in [0.1, 0.15) is 38.8 Å². The summed E-state index contributed by atoms with van der Waals surface area (Å²) in [5.74, 6) is -1.13. The van der Waals surface area contributed by atoms with Gasteiger partial charge in [-0.05, 0) is 24.0 Å². The fourth-order valence-electron chi connectivity index (χ4n) is 1.63. The third-order valence-corrected chi connectivity index (χ3v) is 2.20. The number of hydrogen-bond acceptors (Lipinski definition) is 1. The lowest BCUT2D eigenvalue weighted by atomic mass is 9.85. The SMILES string of the molecule is CC(C)(C)CC(N)c1c(F)cccc1F. The Morgan fingerprint density at radius 2 is 1.67 bits per heavy atom. The van der Waals surface area contributed by atoms with Crippen LogP contribution in [-0.4, -0.2) is 0 Å². The number of rotatable bonds is 2. The molecule has 84 valence electrons. The molecule has 3 heteroatoms. The molecule has 0 amide bonds. The number of halogens is 2. The maximum Gasteiger partial charge on any atom is 0.130 e. The first-order valence-electron chi connectivity index (χ1n) is 5.01. The highest BCUT2D eigenvalue weighted by Crippen LogP contribution is 2.30. The summed E-state index contributed by atoms with van der Waals surface area (Å²) in [6.07, 6.45) is 0.546. The predicted molar refractivity (Wildman–Crippen MR) is 57.4 cm³/mol. The average molecular weight is 213 g/mol. The lowest BCUT2D eigenvalue weighted by Crippen LogP contribution is -2.21. The normalized spacial score (nSPS) is 14.0. The van der Waals surface area contributed by atoms with Crippen molar-refractivity contribution >= 4 is 0 Å². The lowest BCUT2D eigenvalue weighted by Gasteiger charge is -2.23. The van der Waals surface area contributed by atoms with E-state index in [-0.39, 0.29) is 11.0 Å². The monoisotopic (exact) mass is 213 g/mol. The van der Waals surface area contributed by atoms with Crippen LogP contribution in [0.4, 0.5) is 8.78 Å². The summed E-state index contributed by atoms with van der Waals surface area (Å²) in [5, 5.41) is 0. The van der Waals surface area contributed by atoms with Crippen molar-refractivity contribution in [1.82, 2.24) is 0 Å². The van der Waals surface area contributed by atoms with E-state index < -0.39 is 17.7 Å². The van der Waals surface area contributed by atoms with Gasteiger partial charge in [-0.25, -0.2) is 8.78 Å². The minimum atomic E-state index is -0.591. The Labute approximate surface area is 89.3 Å². The fourth-order valence-corrected chi connectivity index (χ4v) is 1.63. The van der Waals surface area contributed by atoms with E-state index in [2.05, 4.69) is 0 Å². The Morgan fingerprint density at radius 1 is 1.20 bits per heavy atom. The molecular weight excluding hydrogens is 196 g/mol. The first kappa shape index (κ1) is 12.1. The summed E-state index contributed by atoms with van der Waals surface area (Å²) in [6, 6.07) is 3.23. The van der Waals surface area contributed by atoms with Gasteiger partial charge in [0, 0.05) is 11.6 Å². The quantitative estimate of drug-likeness (QED) is 0.800. The van der Waals surface area contributed by atoms with Crippen molar-refractivity contribution in [3.63, 3.8) is 0 Å². The summed E-state index contributed by atoms with van der Waals surface area (Å²) in [4.78, 5) is 0. The highest BCUT2D eigenvalue weighted by Gasteiger charge is 2.22. The van der Waals surface area contributed by atoms with Gasteiger partial charge in [0.15, 0.2) is 0 Å². The summed E-state index contributed by atoms with van der Waals surface area (Å²) in [7, 11) is 0. The van der Waals surface area contributed by atoms with Gasteiger partial charge in [0.2, 0.25) is 0 Å². The maximum absolute atomic E-state index is 13.4. The summed E-state index contributed by atoms with van der Waals surface area (Å²) >= 11 is 0. The molecule has 2 N–H and O–H groups in total. The molecule has 0 fully saturated rings. The third kappa shape index (κ3) is 3.27. The van der Waals surface area contributed by atoms with Gasteiger partial charge in [-0.2, -0.15) is 0 Å². The molecule has 1 nitrogen and oxygen atoms in total. The minimum absolute atomic E-state index is 0.00701. The van der Waals surface area contributed by atoms with E-state index in [4.69, 9.17) is 5.73 Å².